The summed E-state index contributed by atoms with van der Waals surface area (Å²) in [5.41, 5.74) is 9.79. The minimum atomic E-state index is 0.471. The first-order chi connectivity index (χ1) is 11.7. The number of hydrogen-bond acceptors (Lipinski definition) is 4. The van der Waals surface area contributed by atoms with Gasteiger partial charge >= 0.3 is 0 Å². The highest BCUT2D eigenvalue weighted by molar-refractivity contribution is 5.78. The maximum atomic E-state index is 5.92. The van der Waals surface area contributed by atoms with Crippen molar-refractivity contribution in [3.8, 4) is 17.3 Å². The number of fused-ring (bicyclic) bond motifs is 1. The van der Waals surface area contributed by atoms with Gasteiger partial charge in [0.15, 0.2) is 5.82 Å². The number of ether oxygens (including phenoxy) is 1. The second-order valence-corrected chi connectivity index (χ2v) is 5.56. The molecule has 0 fully saturated rings. The van der Waals surface area contributed by atoms with Crippen molar-refractivity contribution in [3.05, 3.63) is 60.2 Å². The van der Waals surface area contributed by atoms with Crippen molar-refractivity contribution in [3.63, 3.8) is 0 Å². The molecule has 6 nitrogen and oxygen atoms in total. The van der Waals surface area contributed by atoms with E-state index in [9.17, 15) is 0 Å². The Hall–Kier alpha value is -3.28. The number of aromatic nitrogens is 4. The summed E-state index contributed by atoms with van der Waals surface area (Å²) in [5, 5.41) is 4.40. The van der Waals surface area contributed by atoms with Crippen LogP contribution in [0.1, 0.15) is 5.56 Å². The van der Waals surface area contributed by atoms with Crippen molar-refractivity contribution in [2.24, 2.45) is 0 Å². The Morgan fingerprint density at radius 3 is 2.67 bits per heavy atom. The van der Waals surface area contributed by atoms with E-state index in [0.717, 1.165) is 33.9 Å². The van der Waals surface area contributed by atoms with Gasteiger partial charge in [-0.3, -0.25) is 4.68 Å². The maximum Gasteiger partial charge on any atom is 0.156 e. The van der Waals surface area contributed by atoms with Gasteiger partial charge in [0.05, 0.1) is 24.7 Å². The van der Waals surface area contributed by atoms with E-state index in [4.69, 9.17) is 10.5 Å². The minimum Gasteiger partial charge on any atom is -0.497 e. The SMILES string of the molecule is COc1ccc(Cn2nc(N)cc2-c2nc3ccccc3[nH]2)cc1. The first kappa shape index (κ1) is 14.3. The van der Waals surface area contributed by atoms with Crippen molar-refractivity contribution in [2.75, 3.05) is 12.8 Å². The predicted molar refractivity (Wildman–Crippen MR) is 93.8 cm³/mol. The number of nitrogen functional groups attached to an aromatic ring is 1. The van der Waals surface area contributed by atoms with Crippen LogP contribution in [0.4, 0.5) is 5.82 Å². The van der Waals surface area contributed by atoms with Gasteiger partial charge in [0, 0.05) is 6.07 Å². The quantitative estimate of drug-likeness (QED) is 0.605. The van der Waals surface area contributed by atoms with Crippen LogP contribution >= 0.6 is 0 Å². The highest BCUT2D eigenvalue weighted by Gasteiger charge is 2.13. The molecule has 0 spiro atoms. The summed E-state index contributed by atoms with van der Waals surface area (Å²) >= 11 is 0. The van der Waals surface area contributed by atoms with E-state index in [2.05, 4.69) is 15.1 Å². The fraction of sp³-hybridized carbons (Fsp3) is 0.111. The third-order valence-electron chi connectivity index (χ3n) is 3.92. The first-order valence-electron chi connectivity index (χ1n) is 7.64. The smallest absolute Gasteiger partial charge is 0.156 e. The molecule has 2 aromatic heterocycles. The number of imidazole rings is 1. The van der Waals surface area contributed by atoms with Crippen molar-refractivity contribution in [1.82, 2.24) is 19.7 Å². The predicted octanol–water partition coefficient (Wildman–Crippen LogP) is 3.07. The second kappa shape index (κ2) is 5.73. The van der Waals surface area contributed by atoms with Crippen LogP contribution in [0.2, 0.25) is 0 Å². The Morgan fingerprint density at radius 2 is 1.92 bits per heavy atom. The normalized spacial score (nSPS) is 11.0. The van der Waals surface area contributed by atoms with Crippen LogP contribution in [-0.2, 0) is 6.54 Å². The van der Waals surface area contributed by atoms with E-state index in [-0.39, 0.29) is 0 Å². The van der Waals surface area contributed by atoms with E-state index in [1.54, 1.807) is 7.11 Å². The minimum absolute atomic E-state index is 0.471. The Labute approximate surface area is 138 Å². The highest BCUT2D eigenvalue weighted by atomic mass is 16.5. The molecule has 0 amide bonds. The van der Waals surface area contributed by atoms with Gasteiger partial charge in [0.2, 0.25) is 0 Å². The summed E-state index contributed by atoms with van der Waals surface area (Å²) in [6.07, 6.45) is 0. The molecule has 120 valence electrons. The summed E-state index contributed by atoms with van der Waals surface area (Å²) in [7, 11) is 1.66. The molecule has 0 unspecified atom stereocenters. The van der Waals surface area contributed by atoms with Crippen LogP contribution in [0.15, 0.2) is 54.6 Å². The van der Waals surface area contributed by atoms with Gasteiger partial charge in [-0.25, -0.2) is 4.98 Å². The van der Waals surface area contributed by atoms with Gasteiger partial charge in [-0.1, -0.05) is 24.3 Å². The fourth-order valence-corrected chi connectivity index (χ4v) is 2.73. The first-order valence-corrected chi connectivity index (χ1v) is 7.64. The van der Waals surface area contributed by atoms with Crippen molar-refractivity contribution in [1.29, 1.82) is 0 Å². The summed E-state index contributed by atoms with van der Waals surface area (Å²) in [4.78, 5) is 7.96. The van der Waals surface area contributed by atoms with Gasteiger partial charge in [0.1, 0.15) is 17.3 Å². The summed E-state index contributed by atoms with van der Waals surface area (Å²) in [6, 6.07) is 17.6. The molecule has 0 aliphatic heterocycles. The molecule has 4 rings (SSSR count). The Morgan fingerprint density at radius 1 is 1.12 bits per heavy atom. The van der Waals surface area contributed by atoms with E-state index < -0.39 is 0 Å². The van der Waals surface area contributed by atoms with Crippen molar-refractivity contribution >= 4 is 16.9 Å². The molecule has 0 radical (unpaired) electrons. The van der Waals surface area contributed by atoms with Gasteiger partial charge < -0.3 is 15.5 Å². The standard InChI is InChI=1S/C18H17N5O/c1-24-13-8-6-12(7-9-13)11-23-16(10-17(19)22-23)18-20-14-4-2-3-5-15(14)21-18/h2-10H,11H2,1H3,(H2,19,22)(H,20,21). The molecule has 0 atom stereocenters. The number of H-pyrrole nitrogens is 1. The Balaban J connectivity index is 1.71. The Bertz CT molecular complexity index is 951. The number of nitrogens with zero attached hydrogens (tertiary/aromatic N) is 3. The summed E-state index contributed by atoms with van der Waals surface area (Å²) in [6.45, 7) is 0.605. The number of para-hydroxylation sites is 2. The summed E-state index contributed by atoms with van der Waals surface area (Å²) < 4.78 is 7.05. The van der Waals surface area contributed by atoms with E-state index in [0.29, 0.717) is 12.4 Å². The number of benzene rings is 2. The summed E-state index contributed by atoms with van der Waals surface area (Å²) in [5.74, 6) is 2.06. The monoisotopic (exact) mass is 319 g/mol. The molecule has 0 aliphatic carbocycles. The topological polar surface area (TPSA) is 81.8 Å². The number of aromatic amines is 1. The van der Waals surface area contributed by atoms with Crippen LogP contribution in [0, 0.1) is 0 Å². The third-order valence-corrected chi connectivity index (χ3v) is 3.92. The largest absolute Gasteiger partial charge is 0.497 e. The molecule has 24 heavy (non-hydrogen) atoms. The average Bonchev–Trinajstić information content (AvgIpc) is 3.18. The van der Waals surface area contributed by atoms with Crippen LogP contribution in [-0.4, -0.2) is 26.9 Å². The molecule has 0 aliphatic rings. The van der Waals surface area contributed by atoms with Crippen LogP contribution < -0.4 is 10.5 Å². The molecule has 0 saturated heterocycles. The molecule has 4 aromatic rings. The van der Waals surface area contributed by atoms with Gasteiger partial charge in [-0.2, -0.15) is 5.10 Å². The highest BCUT2D eigenvalue weighted by Crippen LogP contribution is 2.23. The van der Waals surface area contributed by atoms with Crippen molar-refractivity contribution in [2.45, 2.75) is 6.54 Å². The lowest BCUT2D eigenvalue weighted by Crippen LogP contribution is -2.05. The maximum absolute atomic E-state index is 5.92. The number of nitrogens with two attached hydrogens (primary N) is 1. The van der Waals surface area contributed by atoms with Gasteiger partial charge in [0.25, 0.3) is 0 Å². The molecule has 3 N–H and O–H groups in total. The zero-order valence-electron chi connectivity index (χ0n) is 13.2. The molecule has 0 saturated carbocycles. The van der Waals surface area contributed by atoms with E-state index >= 15 is 0 Å². The zero-order valence-corrected chi connectivity index (χ0v) is 13.2. The molecule has 2 heterocycles. The number of nitrogens with one attached hydrogen (secondary N) is 1. The lowest BCUT2D eigenvalue weighted by atomic mass is 10.2. The molecule has 0 bridgehead atoms. The molecular weight excluding hydrogens is 302 g/mol. The lowest BCUT2D eigenvalue weighted by molar-refractivity contribution is 0.414. The van der Waals surface area contributed by atoms with Crippen LogP contribution in [0.5, 0.6) is 5.75 Å². The second-order valence-electron chi connectivity index (χ2n) is 5.56. The number of methoxy groups -OCH3 is 1. The lowest BCUT2D eigenvalue weighted by Gasteiger charge is -2.06. The third kappa shape index (κ3) is 2.58. The van der Waals surface area contributed by atoms with Gasteiger partial charge in [-0.05, 0) is 29.8 Å². The number of hydrogen-bond donors (Lipinski definition) is 2. The average molecular weight is 319 g/mol. The van der Waals surface area contributed by atoms with Crippen LogP contribution in [0.25, 0.3) is 22.6 Å². The Kier molecular flexibility index (Phi) is 3.42. The molecular formula is C18H17N5O. The number of anilines is 1. The number of rotatable bonds is 4. The fourth-order valence-electron chi connectivity index (χ4n) is 2.73. The molecule has 6 heteroatoms. The molecule has 2 aromatic carbocycles. The zero-order chi connectivity index (χ0) is 16.5. The van der Waals surface area contributed by atoms with E-state index in [1.807, 2.05) is 59.3 Å². The van der Waals surface area contributed by atoms with Crippen LogP contribution in [0.3, 0.4) is 0 Å². The van der Waals surface area contributed by atoms with E-state index in [1.165, 1.54) is 0 Å². The van der Waals surface area contributed by atoms with Gasteiger partial charge in [-0.15, -0.1) is 0 Å². The van der Waals surface area contributed by atoms with Crippen molar-refractivity contribution < 1.29 is 4.74 Å².